The van der Waals surface area contributed by atoms with E-state index in [2.05, 4.69) is 10.2 Å². The highest BCUT2D eigenvalue weighted by Gasteiger charge is 2.15. The molecule has 1 atom stereocenters. The summed E-state index contributed by atoms with van der Waals surface area (Å²) in [5, 5.41) is 7.29. The summed E-state index contributed by atoms with van der Waals surface area (Å²) in [5.41, 5.74) is 6.28. The fourth-order valence-electron chi connectivity index (χ4n) is 1.84. The minimum Gasteiger partial charge on any atom is -0.478 e. The molecule has 2 rings (SSSR count). The molecule has 1 aromatic heterocycles. The number of aryl methyl sites for hydroxylation is 1. The number of halogens is 2. The largest absolute Gasteiger partial charge is 0.478 e. The lowest BCUT2D eigenvalue weighted by Crippen LogP contribution is -2.21. The fourth-order valence-corrected chi connectivity index (χ4v) is 1.84. The molecule has 0 radical (unpaired) electrons. The van der Waals surface area contributed by atoms with Crippen LogP contribution in [0.25, 0.3) is 0 Å². The zero-order valence-corrected chi connectivity index (χ0v) is 11.9. The smallest absolute Gasteiger partial charge is 0.253 e. The van der Waals surface area contributed by atoms with E-state index in [-0.39, 0.29) is 18.5 Å². The Labute approximate surface area is 121 Å². The molecular formula is C14H17F2N3O2. The summed E-state index contributed by atoms with van der Waals surface area (Å²) < 4.78 is 37.9. The number of hydrogen-bond donors (Lipinski definition) is 1. The van der Waals surface area contributed by atoms with Gasteiger partial charge in [0.05, 0.1) is 0 Å². The van der Waals surface area contributed by atoms with Crippen molar-refractivity contribution in [3.63, 3.8) is 0 Å². The zero-order chi connectivity index (χ0) is 15.4. The molecule has 1 unspecified atom stereocenters. The topological polar surface area (TPSA) is 74.2 Å². The van der Waals surface area contributed by atoms with E-state index in [9.17, 15) is 8.78 Å². The van der Waals surface area contributed by atoms with Crippen LogP contribution in [0.4, 0.5) is 8.78 Å². The van der Waals surface area contributed by atoms with Gasteiger partial charge in [-0.05, 0) is 30.5 Å². The average Bonchev–Trinajstić information content (AvgIpc) is 2.83. The first-order valence-electron chi connectivity index (χ1n) is 6.64. The van der Waals surface area contributed by atoms with Gasteiger partial charge in [-0.2, -0.15) is 0 Å². The Morgan fingerprint density at radius 2 is 1.95 bits per heavy atom. The molecule has 0 aliphatic heterocycles. The quantitative estimate of drug-likeness (QED) is 0.886. The third-order valence-electron chi connectivity index (χ3n) is 2.99. The average molecular weight is 297 g/mol. The maximum absolute atomic E-state index is 13.9. The standard InChI is InChI=1S/C14H17F2N3O2/c1-3-10(17)4-9-5-11(15)14(12(16)6-9)20-7-13-19-18-8(2)21-13/h5-6,10H,3-4,7,17H2,1-2H3. The predicted octanol–water partition coefficient (Wildman–Crippen LogP) is 2.52. The van der Waals surface area contributed by atoms with Crippen molar-refractivity contribution in [1.29, 1.82) is 0 Å². The van der Waals surface area contributed by atoms with Gasteiger partial charge in [0.1, 0.15) is 0 Å². The van der Waals surface area contributed by atoms with Crippen LogP contribution in [0.15, 0.2) is 16.5 Å². The maximum Gasteiger partial charge on any atom is 0.253 e. The molecule has 0 amide bonds. The van der Waals surface area contributed by atoms with Crippen molar-refractivity contribution in [2.75, 3.05) is 0 Å². The summed E-state index contributed by atoms with van der Waals surface area (Å²) in [6, 6.07) is 2.33. The van der Waals surface area contributed by atoms with E-state index in [1.54, 1.807) is 6.92 Å². The summed E-state index contributed by atoms with van der Waals surface area (Å²) in [6.45, 7) is 3.34. The number of rotatable bonds is 6. The van der Waals surface area contributed by atoms with Gasteiger partial charge in [-0.25, -0.2) is 8.78 Å². The number of ether oxygens (including phenoxy) is 1. The lowest BCUT2D eigenvalue weighted by atomic mass is 10.0. The van der Waals surface area contributed by atoms with E-state index in [1.165, 1.54) is 12.1 Å². The summed E-state index contributed by atoms with van der Waals surface area (Å²) in [6.07, 6.45) is 1.14. The molecule has 2 N–H and O–H groups in total. The van der Waals surface area contributed by atoms with E-state index in [1.807, 2.05) is 6.92 Å². The van der Waals surface area contributed by atoms with Crippen molar-refractivity contribution in [2.24, 2.45) is 5.73 Å². The Kier molecular flexibility index (Phi) is 4.85. The van der Waals surface area contributed by atoms with Crippen LogP contribution < -0.4 is 10.5 Å². The van der Waals surface area contributed by atoms with Crippen LogP contribution >= 0.6 is 0 Å². The van der Waals surface area contributed by atoms with Gasteiger partial charge in [0, 0.05) is 13.0 Å². The van der Waals surface area contributed by atoms with Crippen LogP contribution in [0.1, 0.15) is 30.7 Å². The fraction of sp³-hybridized carbons (Fsp3) is 0.429. The summed E-state index contributed by atoms with van der Waals surface area (Å²) in [7, 11) is 0. The first-order chi connectivity index (χ1) is 9.99. The van der Waals surface area contributed by atoms with E-state index in [4.69, 9.17) is 14.9 Å². The van der Waals surface area contributed by atoms with Crippen molar-refractivity contribution in [3.05, 3.63) is 41.1 Å². The molecule has 21 heavy (non-hydrogen) atoms. The normalized spacial score (nSPS) is 12.4. The first kappa shape index (κ1) is 15.4. The molecule has 0 aliphatic carbocycles. The number of benzene rings is 1. The highest BCUT2D eigenvalue weighted by atomic mass is 19.1. The minimum absolute atomic E-state index is 0.128. The van der Waals surface area contributed by atoms with Crippen LogP contribution in [0.2, 0.25) is 0 Å². The lowest BCUT2D eigenvalue weighted by Gasteiger charge is -2.11. The molecule has 0 aliphatic rings. The van der Waals surface area contributed by atoms with Gasteiger partial charge in [-0.3, -0.25) is 0 Å². The van der Waals surface area contributed by atoms with Crippen LogP contribution in [0, 0.1) is 18.6 Å². The van der Waals surface area contributed by atoms with Gasteiger partial charge < -0.3 is 14.9 Å². The SMILES string of the molecule is CCC(N)Cc1cc(F)c(OCc2nnc(C)o2)c(F)c1. The Hall–Kier alpha value is -2.02. The second-order valence-electron chi connectivity index (χ2n) is 4.76. The molecule has 0 spiro atoms. The molecule has 0 saturated heterocycles. The highest BCUT2D eigenvalue weighted by Crippen LogP contribution is 2.25. The van der Waals surface area contributed by atoms with Crippen LogP contribution in [-0.4, -0.2) is 16.2 Å². The van der Waals surface area contributed by atoms with E-state index >= 15 is 0 Å². The maximum atomic E-state index is 13.9. The molecule has 7 heteroatoms. The summed E-state index contributed by atoms with van der Waals surface area (Å²) >= 11 is 0. The second kappa shape index (κ2) is 6.62. The predicted molar refractivity (Wildman–Crippen MR) is 71.7 cm³/mol. The zero-order valence-electron chi connectivity index (χ0n) is 11.9. The molecule has 1 aromatic carbocycles. The molecule has 114 valence electrons. The lowest BCUT2D eigenvalue weighted by molar-refractivity contribution is 0.238. The Balaban J connectivity index is 2.09. The monoisotopic (exact) mass is 297 g/mol. The van der Waals surface area contributed by atoms with Crippen LogP contribution in [0.3, 0.4) is 0 Å². The Bertz CT molecular complexity index is 593. The third kappa shape index (κ3) is 3.98. The number of nitrogens with zero attached hydrogens (tertiary/aromatic N) is 2. The third-order valence-corrected chi connectivity index (χ3v) is 2.99. The molecular weight excluding hydrogens is 280 g/mol. The Morgan fingerprint density at radius 1 is 1.29 bits per heavy atom. The first-order valence-corrected chi connectivity index (χ1v) is 6.64. The molecule has 0 saturated carbocycles. The number of nitrogens with two attached hydrogens (primary N) is 1. The van der Waals surface area contributed by atoms with Gasteiger partial charge in [-0.1, -0.05) is 6.92 Å². The van der Waals surface area contributed by atoms with E-state index in [0.29, 0.717) is 17.9 Å². The molecule has 0 fully saturated rings. The van der Waals surface area contributed by atoms with Crippen molar-refractivity contribution >= 4 is 0 Å². The number of aromatic nitrogens is 2. The summed E-state index contributed by atoms with van der Waals surface area (Å²) in [4.78, 5) is 0. The van der Waals surface area contributed by atoms with Gasteiger partial charge in [0.15, 0.2) is 24.0 Å². The second-order valence-corrected chi connectivity index (χ2v) is 4.76. The molecule has 2 aromatic rings. The highest BCUT2D eigenvalue weighted by molar-refractivity contribution is 5.31. The van der Waals surface area contributed by atoms with Gasteiger partial charge in [-0.15, -0.1) is 10.2 Å². The molecule has 1 heterocycles. The minimum atomic E-state index is -0.774. The van der Waals surface area contributed by atoms with Gasteiger partial charge >= 0.3 is 0 Å². The van der Waals surface area contributed by atoms with Crippen molar-refractivity contribution in [1.82, 2.24) is 10.2 Å². The van der Waals surface area contributed by atoms with Crippen molar-refractivity contribution in [2.45, 2.75) is 39.3 Å². The van der Waals surface area contributed by atoms with E-state index in [0.717, 1.165) is 6.42 Å². The van der Waals surface area contributed by atoms with E-state index < -0.39 is 17.4 Å². The summed E-state index contributed by atoms with van der Waals surface area (Å²) in [5.74, 6) is -1.49. The van der Waals surface area contributed by atoms with Crippen molar-refractivity contribution in [3.8, 4) is 5.75 Å². The van der Waals surface area contributed by atoms with Gasteiger partial charge in [0.2, 0.25) is 5.89 Å². The van der Waals surface area contributed by atoms with Gasteiger partial charge in [0.25, 0.3) is 5.89 Å². The van der Waals surface area contributed by atoms with Crippen LogP contribution in [0.5, 0.6) is 5.75 Å². The van der Waals surface area contributed by atoms with Crippen molar-refractivity contribution < 1.29 is 17.9 Å². The number of hydrogen-bond acceptors (Lipinski definition) is 5. The van der Waals surface area contributed by atoms with Crippen LogP contribution in [-0.2, 0) is 13.0 Å². The molecule has 0 bridgehead atoms. The molecule has 5 nitrogen and oxygen atoms in total. The Morgan fingerprint density at radius 3 is 2.48 bits per heavy atom.